The Balaban J connectivity index is 3.01. The molecule has 0 saturated heterocycles. The van der Waals surface area contributed by atoms with Crippen LogP contribution in [0.2, 0.25) is 0 Å². The summed E-state index contributed by atoms with van der Waals surface area (Å²) in [5.74, 6) is 0. The molecule has 0 aliphatic heterocycles. The summed E-state index contributed by atoms with van der Waals surface area (Å²) in [6.45, 7) is 3.96. The highest BCUT2D eigenvalue weighted by atomic mass is 33.1. The van der Waals surface area contributed by atoms with E-state index in [1.54, 1.807) is 0 Å². The highest BCUT2D eigenvalue weighted by Gasteiger charge is 1.97. The average Bonchev–Trinajstić information content (AvgIpc) is 1.63. The Labute approximate surface area is 63.1 Å². The zero-order chi connectivity index (χ0) is 7.28. The van der Waals surface area contributed by atoms with Crippen molar-refractivity contribution < 1.29 is 13.4 Å². The summed E-state index contributed by atoms with van der Waals surface area (Å²) >= 11 is 0.969. The summed E-state index contributed by atoms with van der Waals surface area (Å²) in [6.07, 6.45) is 0. The van der Waals surface area contributed by atoms with E-state index in [1.807, 2.05) is 13.8 Å². The van der Waals surface area contributed by atoms with Crippen LogP contribution in [0.5, 0.6) is 0 Å². The lowest BCUT2D eigenvalue weighted by Gasteiger charge is -1.99. The number of rotatable bonds is 4. The highest BCUT2D eigenvalue weighted by Crippen LogP contribution is 2.35. The van der Waals surface area contributed by atoms with Crippen LogP contribution >= 0.6 is 30.1 Å². The largest absolute Gasteiger partial charge is 0.328 e. The fraction of sp³-hybridized carbons (Fsp3) is 1.00. The van der Waals surface area contributed by atoms with Crippen molar-refractivity contribution in [2.45, 2.75) is 19.1 Å². The summed E-state index contributed by atoms with van der Waals surface area (Å²) in [5, 5.41) is 0.413. The summed E-state index contributed by atoms with van der Waals surface area (Å²) in [7, 11) is -1.32. The molecule has 0 aliphatic carbocycles. The average molecular weight is 188 g/mol. The molecule has 1 N–H and O–H groups in total. The second kappa shape index (κ2) is 5.62. The predicted octanol–water partition coefficient (Wildman–Crippen LogP) is 2.09. The first-order chi connectivity index (χ1) is 4.13. The molecule has 1 unspecified atom stereocenters. The molecule has 1 atom stereocenters. The van der Waals surface area contributed by atoms with E-state index in [2.05, 4.69) is 3.97 Å². The standard InChI is InChI=1S/C3H9O3PS2/c1-3(2)8-9-6-7(4)5/h3,7H,1-2H3,(H,4,5). The Hall–Kier alpha value is 0.850. The van der Waals surface area contributed by atoms with Gasteiger partial charge in [-0.3, -0.25) is 4.57 Å². The van der Waals surface area contributed by atoms with Crippen molar-refractivity contribution in [1.82, 2.24) is 0 Å². The number of hydrogen-bond acceptors (Lipinski definition) is 4. The van der Waals surface area contributed by atoms with E-state index in [1.165, 1.54) is 10.8 Å². The molecule has 0 heterocycles. The van der Waals surface area contributed by atoms with Crippen LogP contribution in [0, 0.1) is 0 Å². The van der Waals surface area contributed by atoms with E-state index in [0.29, 0.717) is 5.25 Å². The van der Waals surface area contributed by atoms with Crippen LogP contribution in [0.1, 0.15) is 13.8 Å². The van der Waals surface area contributed by atoms with Crippen LogP contribution < -0.4 is 0 Å². The van der Waals surface area contributed by atoms with Gasteiger partial charge in [-0.2, -0.15) is 0 Å². The van der Waals surface area contributed by atoms with Crippen LogP contribution in [-0.2, 0) is 8.54 Å². The van der Waals surface area contributed by atoms with Crippen LogP contribution in [-0.4, -0.2) is 10.1 Å². The quantitative estimate of drug-likeness (QED) is 0.416. The molecule has 0 aliphatic rings. The Morgan fingerprint density at radius 1 is 1.67 bits per heavy atom. The zero-order valence-corrected chi connectivity index (χ0v) is 7.79. The third kappa shape index (κ3) is 8.85. The van der Waals surface area contributed by atoms with Crippen molar-refractivity contribution in [3.05, 3.63) is 0 Å². The lowest BCUT2D eigenvalue weighted by Crippen LogP contribution is -1.79. The molecule has 0 spiro atoms. The fourth-order valence-electron chi connectivity index (χ4n) is 0.127. The van der Waals surface area contributed by atoms with Gasteiger partial charge in [-0.25, -0.2) is 3.97 Å². The van der Waals surface area contributed by atoms with Crippen molar-refractivity contribution in [1.29, 1.82) is 0 Å². The zero-order valence-electron chi connectivity index (χ0n) is 5.16. The van der Waals surface area contributed by atoms with Crippen molar-refractivity contribution in [3.63, 3.8) is 0 Å². The van der Waals surface area contributed by atoms with Crippen molar-refractivity contribution >= 4 is 30.1 Å². The van der Waals surface area contributed by atoms with Gasteiger partial charge >= 0.3 is 8.25 Å². The molecular formula is C3H9O3PS2. The van der Waals surface area contributed by atoms with Crippen molar-refractivity contribution in [2.75, 3.05) is 0 Å². The molecule has 0 aromatic heterocycles. The van der Waals surface area contributed by atoms with Gasteiger partial charge in [0.05, 0.1) is 11.1 Å². The topological polar surface area (TPSA) is 46.5 Å². The summed E-state index contributed by atoms with van der Waals surface area (Å²) in [5.41, 5.74) is 0. The molecule has 0 fully saturated rings. The third-order valence-electron chi connectivity index (χ3n) is 0.337. The minimum absolute atomic E-state index is 0.413. The predicted molar refractivity (Wildman–Crippen MR) is 42.6 cm³/mol. The van der Waals surface area contributed by atoms with Crippen molar-refractivity contribution in [3.8, 4) is 0 Å². The molecule has 3 nitrogen and oxygen atoms in total. The monoisotopic (exact) mass is 188 g/mol. The summed E-state index contributed by atoms with van der Waals surface area (Å²) in [4.78, 5) is 8.16. The van der Waals surface area contributed by atoms with Gasteiger partial charge in [-0.1, -0.05) is 24.6 Å². The molecule has 0 amide bonds. The van der Waals surface area contributed by atoms with Crippen LogP contribution in [0.25, 0.3) is 0 Å². The van der Waals surface area contributed by atoms with Crippen LogP contribution in [0.3, 0.4) is 0 Å². The van der Waals surface area contributed by atoms with Crippen molar-refractivity contribution in [2.24, 2.45) is 0 Å². The molecule has 56 valence electrons. The first-order valence-electron chi connectivity index (χ1n) is 2.36. The minimum Gasteiger partial charge on any atom is -0.326 e. The van der Waals surface area contributed by atoms with Gasteiger partial charge in [-0.05, 0) is 0 Å². The maximum absolute atomic E-state index is 9.91. The summed E-state index contributed by atoms with van der Waals surface area (Å²) in [6, 6.07) is 0. The van der Waals surface area contributed by atoms with E-state index in [0.717, 1.165) is 11.1 Å². The van der Waals surface area contributed by atoms with Gasteiger partial charge in [0.25, 0.3) is 0 Å². The normalized spacial score (nSPS) is 14.2. The number of hydrogen-bond donors (Lipinski definition) is 1. The first kappa shape index (κ1) is 9.85. The molecule has 0 aromatic rings. The Kier molecular flexibility index (Phi) is 6.15. The molecule has 9 heavy (non-hydrogen) atoms. The van der Waals surface area contributed by atoms with Gasteiger partial charge < -0.3 is 4.89 Å². The fourth-order valence-corrected chi connectivity index (χ4v) is 2.02. The van der Waals surface area contributed by atoms with Gasteiger partial charge in [0, 0.05) is 5.25 Å². The molecule has 0 radical (unpaired) electrons. The Morgan fingerprint density at radius 2 is 2.22 bits per heavy atom. The van der Waals surface area contributed by atoms with Crippen LogP contribution in [0.4, 0.5) is 0 Å². The molecule has 0 bridgehead atoms. The maximum Gasteiger partial charge on any atom is 0.328 e. The molecule has 6 heteroatoms. The first-order valence-corrected chi connectivity index (χ1v) is 5.76. The lowest BCUT2D eigenvalue weighted by molar-refractivity contribution is 0.434. The van der Waals surface area contributed by atoms with E-state index in [9.17, 15) is 4.57 Å². The van der Waals surface area contributed by atoms with Gasteiger partial charge in [0.15, 0.2) is 0 Å². The van der Waals surface area contributed by atoms with E-state index >= 15 is 0 Å². The van der Waals surface area contributed by atoms with Gasteiger partial charge in [0.2, 0.25) is 0 Å². The molecule has 0 saturated carbocycles. The molecular weight excluding hydrogens is 179 g/mol. The van der Waals surface area contributed by atoms with E-state index in [4.69, 9.17) is 4.89 Å². The van der Waals surface area contributed by atoms with E-state index < -0.39 is 8.25 Å². The SMILES string of the molecule is CC(C)SSO[PH](=O)O. The summed E-state index contributed by atoms with van der Waals surface area (Å²) < 4.78 is 14.2. The maximum atomic E-state index is 9.91. The van der Waals surface area contributed by atoms with E-state index in [-0.39, 0.29) is 0 Å². The smallest absolute Gasteiger partial charge is 0.326 e. The Morgan fingerprint density at radius 3 is 2.56 bits per heavy atom. The lowest BCUT2D eigenvalue weighted by atomic mass is 10.6. The minimum atomic E-state index is -2.74. The molecule has 0 aromatic carbocycles. The van der Waals surface area contributed by atoms with Gasteiger partial charge in [-0.15, -0.1) is 0 Å². The van der Waals surface area contributed by atoms with Gasteiger partial charge in [0.1, 0.15) is 0 Å². The Bertz CT molecular complexity index is 97.1. The highest BCUT2D eigenvalue weighted by molar-refractivity contribution is 8.75. The molecule has 0 rings (SSSR count). The second-order valence-electron chi connectivity index (χ2n) is 1.56. The third-order valence-corrected chi connectivity index (χ3v) is 3.65. The van der Waals surface area contributed by atoms with Crippen LogP contribution in [0.15, 0.2) is 0 Å². The second-order valence-corrected chi connectivity index (χ2v) is 5.02.